The number of rotatable bonds is 9. The van der Waals surface area contributed by atoms with E-state index in [-0.39, 0.29) is 28.7 Å². The summed E-state index contributed by atoms with van der Waals surface area (Å²) in [6, 6.07) is 15.7. The topological polar surface area (TPSA) is 195 Å². The van der Waals surface area contributed by atoms with E-state index < -0.39 is 107 Å². The first-order chi connectivity index (χ1) is 25.7. The molecule has 5 rings (SSSR count). The fourth-order valence-electron chi connectivity index (χ4n) is 8.81. The molecule has 0 aromatic heterocycles. The van der Waals surface area contributed by atoms with Crippen LogP contribution < -0.4 is 0 Å². The van der Waals surface area contributed by atoms with Gasteiger partial charge in [0.15, 0.2) is 24.1 Å². The van der Waals surface area contributed by atoms with Gasteiger partial charge in [-0.3, -0.25) is 24.0 Å². The molecule has 9 unspecified atom stereocenters. The van der Waals surface area contributed by atoms with Crippen LogP contribution in [0.1, 0.15) is 88.9 Å². The zero-order valence-electron chi connectivity index (χ0n) is 32.0. The highest BCUT2D eigenvalue weighted by atomic mass is 16.6. The molecule has 0 amide bonds. The summed E-state index contributed by atoms with van der Waals surface area (Å²) in [6.07, 6.45) is -10.00. The minimum atomic E-state index is -2.02. The quantitative estimate of drug-likeness (QED) is 0.216. The number of ketones is 1. The van der Waals surface area contributed by atoms with Gasteiger partial charge in [0, 0.05) is 40.5 Å². The largest absolute Gasteiger partial charge is 0.462 e. The fourth-order valence-corrected chi connectivity index (χ4v) is 8.81. The summed E-state index contributed by atoms with van der Waals surface area (Å²) < 4.78 is 36.1. The van der Waals surface area contributed by atoms with Gasteiger partial charge in [-0.1, -0.05) is 43.3 Å². The molecule has 294 valence electrons. The van der Waals surface area contributed by atoms with Gasteiger partial charge < -0.3 is 33.5 Å². The molecule has 14 heteroatoms. The zero-order valence-corrected chi connectivity index (χ0v) is 32.0. The van der Waals surface area contributed by atoms with Gasteiger partial charge in [-0.15, -0.1) is 0 Å². The Labute approximate surface area is 318 Å². The molecule has 0 aliphatic heterocycles. The van der Waals surface area contributed by atoms with Gasteiger partial charge >= 0.3 is 35.8 Å². The van der Waals surface area contributed by atoms with Crippen LogP contribution in [0.4, 0.5) is 0 Å². The van der Waals surface area contributed by atoms with Crippen molar-refractivity contribution in [3.8, 4) is 0 Å². The highest BCUT2D eigenvalue weighted by molar-refractivity contribution is 5.93. The maximum absolute atomic E-state index is 15.2. The van der Waals surface area contributed by atoms with Crippen molar-refractivity contribution in [2.75, 3.05) is 0 Å². The summed E-state index contributed by atoms with van der Waals surface area (Å²) in [5.41, 5.74) is -5.45. The van der Waals surface area contributed by atoms with E-state index in [2.05, 4.69) is 0 Å². The molecule has 0 spiro atoms. The molecule has 3 aliphatic rings. The highest BCUT2D eigenvalue weighted by Crippen LogP contribution is 2.65. The van der Waals surface area contributed by atoms with Gasteiger partial charge in [0.05, 0.1) is 33.5 Å². The average molecular weight is 763 g/mol. The summed E-state index contributed by atoms with van der Waals surface area (Å²) in [7, 11) is 0. The molecule has 3 aliphatic carbocycles. The molecular weight excluding hydrogens is 716 g/mol. The van der Waals surface area contributed by atoms with E-state index in [1.165, 1.54) is 52.0 Å². The summed E-state index contributed by atoms with van der Waals surface area (Å²) >= 11 is 0. The molecule has 2 aromatic carbocycles. The van der Waals surface area contributed by atoms with Crippen molar-refractivity contribution in [1.29, 1.82) is 0 Å². The lowest BCUT2D eigenvalue weighted by atomic mass is 9.55. The number of ether oxygens (including phenoxy) is 6. The van der Waals surface area contributed by atoms with Crippen LogP contribution in [-0.2, 0) is 52.4 Å². The summed E-state index contributed by atoms with van der Waals surface area (Å²) in [6.45, 7) is 10.3. The second-order valence-corrected chi connectivity index (χ2v) is 15.0. The number of esters is 6. The minimum Gasteiger partial charge on any atom is -0.462 e. The molecule has 14 nitrogen and oxygen atoms in total. The van der Waals surface area contributed by atoms with Crippen LogP contribution >= 0.6 is 0 Å². The van der Waals surface area contributed by atoms with E-state index in [0.29, 0.717) is 0 Å². The fraction of sp³-hybridized carbons (Fsp3) is 0.488. The Morgan fingerprint density at radius 2 is 1.15 bits per heavy atom. The second-order valence-electron chi connectivity index (χ2n) is 15.0. The van der Waals surface area contributed by atoms with E-state index >= 15 is 4.79 Å². The summed E-state index contributed by atoms with van der Waals surface area (Å²) in [5, 5.41) is 12.6. The number of carbonyl (C=O) groups is 7. The molecule has 2 saturated carbocycles. The molecule has 9 atom stereocenters. The second kappa shape index (κ2) is 15.4. The maximum Gasteiger partial charge on any atom is 0.338 e. The monoisotopic (exact) mass is 762 g/mol. The van der Waals surface area contributed by atoms with Gasteiger partial charge in [-0.2, -0.15) is 0 Å². The normalized spacial score (nSPS) is 30.1. The molecule has 1 N–H and O–H groups in total. The van der Waals surface area contributed by atoms with Gasteiger partial charge in [-0.25, -0.2) is 9.59 Å². The Morgan fingerprint density at radius 3 is 1.62 bits per heavy atom. The third kappa shape index (κ3) is 7.51. The lowest BCUT2D eigenvalue weighted by molar-refractivity contribution is -0.219. The van der Waals surface area contributed by atoms with Gasteiger partial charge in [0.2, 0.25) is 0 Å². The Balaban J connectivity index is 1.95. The molecule has 0 radical (unpaired) electrons. The maximum atomic E-state index is 15.2. The first-order valence-electron chi connectivity index (χ1n) is 17.9. The SMILES string of the molecule is CC(=O)OC1CC(OC(C)=O)C2(C)C(OC(C)=O)C(OC(=O)c3ccccc3)C3=C(C)C(OC(C)=O)CC3(C(C)(C)O)C(OC(=O)c3ccccc3)C2C1=O. The number of aliphatic hydroxyl groups is 1. The van der Waals surface area contributed by atoms with Crippen molar-refractivity contribution in [2.24, 2.45) is 16.7 Å². The van der Waals surface area contributed by atoms with E-state index in [4.69, 9.17) is 28.4 Å². The van der Waals surface area contributed by atoms with Crippen molar-refractivity contribution in [2.45, 2.75) is 110 Å². The standard InChI is InChI=1S/C41H46O14/c1-21-29(51-23(3)43)20-41(39(6,7)49)31(21)34(54-37(47)26-15-11-9-12-16-26)36(53-25(5)45)40(8)30(52-24(4)44)19-28(50-22(2)42)33(46)32(40)35(41)55-38(48)27-17-13-10-14-18-27/h9-18,28-30,32,34-36,49H,19-20H2,1-8H3. The van der Waals surface area contributed by atoms with Crippen molar-refractivity contribution in [3.05, 3.63) is 82.9 Å². The lowest BCUT2D eigenvalue weighted by Crippen LogP contribution is -2.67. The van der Waals surface area contributed by atoms with Gasteiger partial charge in [-0.05, 0) is 56.2 Å². The van der Waals surface area contributed by atoms with Crippen molar-refractivity contribution < 1.29 is 67.1 Å². The van der Waals surface area contributed by atoms with E-state index in [1.807, 2.05) is 0 Å². The van der Waals surface area contributed by atoms with Gasteiger partial charge in [0.25, 0.3) is 0 Å². The van der Waals surface area contributed by atoms with Crippen LogP contribution in [0, 0.1) is 16.7 Å². The third-order valence-corrected chi connectivity index (χ3v) is 11.1. The summed E-state index contributed by atoms with van der Waals surface area (Å²) in [5.74, 6) is -7.59. The molecule has 0 saturated heterocycles. The smallest absolute Gasteiger partial charge is 0.338 e. The van der Waals surface area contributed by atoms with E-state index in [1.54, 1.807) is 43.3 Å². The molecular formula is C41H46O14. The lowest BCUT2D eigenvalue weighted by Gasteiger charge is -2.54. The number of fused-ring (bicyclic) bond motifs is 2. The Bertz CT molecular complexity index is 1900. The van der Waals surface area contributed by atoms with Gasteiger partial charge in [0.1, 0.15) is 18.3 Å². The molecule has 0 heterocycles. The first kappa shape index (κ1) is 40.8. The molecule has 2 fully saturated rings. The van der Waals surface area contributed by atoms with Crippen molar-refractivity contribution >= 4 is 41.6 Å². The number of hydrogen-bond donors (Lipinski definition) is 1. The Kier molecular flexibility index (Phi) is 11.4. The number of hydrogen-bond acceptors (Lipinski definition) is 14. The van der Waals surface area contributed by atoms with Crippen LogP contribution in [0.25, 0.3) is 0 Å². The summed E-state index contributed by atoms with van der Waals surface area (Å²) in [4.78, 5) is 94.7. The van der Waals surface area contributed by atoms with E-state index in [0.717, 1.165) is 20.8 Å². The van der Waals surface area contributed by atoms with Crippen molar-refractivity contribution in [1.82, 2.24) is 0 Å². The third-order valence-electron chi connectivity index (χ3n) is 11.1. The number of carbonyl (C=O) groups excluding carboxylic acids is 7. The van der Waals surface area contributed by atoms with Crippen LogP contribution in [0.15, 0.2) is 71.8 Å². The van der Waals surface area contributed by atoms with Crippen LogP contribution in [0.5, 0.6) is 0 Å². The van der Waals surface area contributed by atoms with Crippen LogP contribution in [0.2, 0.25) is 0 Å². The minimum absolute atomic E-state index is 0.0571. The molecule has 0 bridgehead atoms. The molecule has 2 aromatic rings. The average Bonchev–Trinajstić information content (AvgIpc) is 3.36. The number of Topliss-reactive ketones (excluding diaryl/α,β-unsaturated/α-hetero) is 1. The van der Waals surface area contributed by atoms with Crippen molar-refractivity contribution in [3.63, 3.8) is 0 Å². The van der Waals surface area contributed by atoms with Crippen LogP contribution in [0.3, 0.4) is 0 Å². The predicted octanol–water partition coefficient (Wildman–Crippen LogP) is 4.25. The predicted molar refractivity (Wildman–Crippen MR) is 191 cm³/mol. The Hall–Kier alpha value is -5.37. The number of benzene rings is 2. The first-order valence-corrected chi connectivity index (χ1v) is 17.9. The van der Waals surface area contributed by atoms with E-state index in [9.17, 15) is 33.9 Å². The highest BCUT2D eigenvalue weighted by Gasteiger charge is 2.75. The Morgan fingerprint density at radius 1 is 0.673 bits per heavy atom. The van der Waals surface area contributed by atoms with Crippen LogP contribution in [-0.4, -0.2) is 88.9 Å². The zero-order chi connectivity index (χ0) is 40.6. The molecule has 55 heavy (non-hydrogen) atoms.